The largest absolute Gasteiger partial charge is 0.465 e. The van der Waals surface area contributed by atoms with E-state index in [0.29, 0.717) is 22.0 Å². The molecule has 0 bridgehead atoms. The molecule has 2 amide bonds. The average Bonchev–Trinajstić information content (AvgIpc) is 2.64. The number of benzene rings is 2. The van der Waals surface area contributed by atoms with E-state index in [1.54, 1.807) is 54.4 Å². The zero-order valence-electron chi connectivity index (χ0n) is 15.9. The molecule has 0 atom stereocenters. The number of hydrogen-bond donors (Lipinski definition) is 2. The van der Waals surface area contributed by atoms with Gasteiger partial charge in [0.2, 0.25) is 11.8 Å². The number of aryl methyl sites for hydroxylation is 1. The number of halogens is 1. The molecule has 0 aliphatic rings. The number of hydrogen-bond acceptors (Lipinski definition) is 5. The van der Waals surface area contributed by atoms with E-state index in [2.05, 4.69) is 15.4 Å². The number of carbonyl (C=O) groups is 3. The Hall–Kier alpha value is -2.90. The van der Waals surface area contributed by atoms with Crippen molar-refractivity contribution in [1.82, 2.24) is 4.90 Å². The zero-order valence-corrected chi connectivity index (χ0v) is 16.7. The normalized spacial score (nSPS) is 10.5. The quantitative estimate of drug-likeness (QED) is 0.694. The third kappa shape index (κ3) is 6.07. The number of likely N-dealkylation sites (N-methyl/N-ethyl adjacent to an activating group) is 1. The molecule has 2 rings (SSSR count). The van der Waals surface area contributed by atoms with Crippen LogP contribution in [0.25, 0.3) is 0 Å². The maximum atomic E-state index is 12.3. The summed E-state index contributed by atoms with van der Waals surface area (Å²) in [6.45, 7) is 1.83. The number of carbonyl (C=O) groups excluding carboxylic acids is 3. The fraction of sp³-hybridized carbons (Fsp3) is 0.250. The number of ether oxygens (including phenoxy) is 1. The van der Waals surface area contributed by atoms with Crippen molar-refractivity contribution in [2.75, 3.05) is 37.9 Å². The first-order chi connectivity index (χ1) is 13.3. The summed E-state index contributed by atoms with van der Waals surface area (Å²) in [5, 5.41) is 5.90. The third-order valence-corrected chi connectivity index (χ3v) is 4.24. The predicted molar refractivity (Wildman–Crippen MR) is 109 cm³/mol. The van der Waals surface area contributed by atoms with Gasteiger partial charge in [0.25, 0.3) is 0 Å². The summed E-state index contributed by atoms with van der Waals surface area (Å²) in [7, 11) is 2.95. The Morgan fingerprint density at radius 1 is 1.00 bits per heavy atom. The fourth-order valence-corrected chi connectivity index (χ4v) is 2.67. The van der Waals surface area contributed by atoms with E-state index in [1.807, 2.05) is 6.92 Å². The van der Waals surface area contributed by atoms with E-state index in [9.17, 15) is 14.4 Å². The molecule has 28 heavy (non-hydrogen) atoms. The molecule has 0 heterocycles. The first-order valence-corrected chi connectivity index (χ1v) is 8.89. The lowest BCUT2D eigenvalue weighted by atomic mass is 10.1. The van der Waals surface area contributed by atoms with Crippen molar-refractivity contribution in [3.63, 3.8) is 0 Å². The van der Waals surface area contributed by atoms with E-state index in [-0.39, 0.29) is 24.9 Å². The molecule has 2 N–H and O–H groups in total. The molecule has 7 nitrogen and oxygen atoms in total. The highest BCUT2D eigenvalue weighted by molar-refractivity contribution is 6.33. The van der Waals surface area contributed by atoms with Gasteiger partial charge in [-0.15, -0.1) is 0 Å². The summed E-state index contributed by atoms with van der Waals surface area (Å²) < 4.78 is 4.69. The number of nitrogens with zero attached hydrogens (tertiary/aromatic N) is 1. The Kier molecular flexibility index (Phi) is 7.54. The van der Waals surface area contributed by atoms with E-state index >= 15 is 0 Å². The summed E-state index contributed by atoms with van der Waals surface area (Å²) in [5.74, 6) is -1.07. The number of anilines is 2. The van der Waals surface area contributed by atoms with Gasteiger partial charge >= 0.3 is 5.97 Å². The Labute approximate surface area is 168 Å². The van der Waals surface area contributed by atoms with Gasteiger partial charge in [-0.25, -0.2) is 4.79 Å². The lowest BCUT2D eigenvalue weighted by Gasteiger charge is -2.17. The predicted octanol–water partition coefficient (Wildman–Crippen LogP) is 2.94. The van der Waals surface area contributed by atoms with Crippen LogP contribution in [0.15, 0.2) is 42.5 Å². The van der Waals surface area contributed by atoms with E-state index in [4.69, 9.17) is 11.6 Å². The van der Waals surface area contributed by atoms with Gasteiger partial charge in [0.15, 0.2) is 0 Å². The van der Waals surface area contributed by atoms with Crippen molar-refractivity contribution in [2.24, 2.45) is 0 Å². The van der Waals surface area contributed by atoms with Gasteiger partial charge in [0.05, 0.1) is 36.5 Å². The number of rotatable bonds is 7. The minimum absolute atomic E-state index is 0.00215. The van der Waals surface area contributed by atoms with Crippen molar-refractivity contribution in [2.45, 2.75) is 6.92 Å². The molecule has 0 saturated carbocycles. The molecular formula is C20H22ClN3O4. The highest BCUT2D eigenvalue weighted by atomic mass is 35.5. The van der Waals surface area contributed by atoms with Gasteiger partial charge in [0, 0.05) is 5.69 Å². The summed E-state index contributed by atoms with van der Waals surface area (Å²) in [4.78, 5) is 37.6. The molecule has 0 radical (unpaired) electrons. The molecule has 0 aliphatic carbocycles. The van der Waals surface area contributed by atoms with Crippen LogP contribution in [0.5, 0.6) is 0 Å². The van der Waals surface area contributed by atoms with Crippen LogP contribution in [-0.2, 0) is 14.3 Å². The summed E-state index contributed by atoms with van der Waals surface area (Å²) >= 11 is 6.01. The molecular weight excluding hydrogens is 382 g/mol. The van der Waals surface area contributed by atoms with Gasteiger partial charge in [-0.3, -0.25) is 14.5 Å². The molecule has 148 valence electrons. The van der Waals surface area contributed by atoms with Crippen LogP contribution < -0.4 is 10.6 Å². The summed E-state index contributed by atoms with van der Waals surface area (Å²) in [5.41, 5.74) is 2.18. The highest BCUT2D eigenvalue weighted by Crippen LogP contribution is 2.20. The highest BCUT2D eigenvalue weighted by Gasteiger charge is 2.14. The molecule has 2 aromatic carbocycles. The molecule has 0 fully saturated rings. The fourth-order valence-electron chi connectivity index (χ4n) is 2.49. The molecule has 0 saturated heterocycles. The maximum Gasteiger partial charge on any atom is 0.337 e. The second-order valence-corrected chi connectivity index (χ2v) is 6.68. The van der Waals surface area contributed by atoms with Crippen molar-refractivity contribution in [3.05, 3.63) is 58.6 Å². The van der Waals surface area contributed by atoms with Gasteiger partial charge in [-0.2, -0.15) is 0 Å². The van der Waals surface area contributed by atoms with Crippen LogP contribution in [0.4, 0.5) is 11.4 Å². The van der Waals surface area contributed by atoms with Crippen LogP contribution in [0, 0.1) is 6.92 Å². The minimum atomic E-state index is -0.483. The molecule has 2 aromatic rings. The van der Waals surface area contributed by atoms with Crippen LogP contribution in [0.3, 0.4) is 0 Å². The van der Waals surface area contributed by atoms with E-state index in [0.717, 1.165) is 5.56 Å². The summed E-state index contributed by atoms with van der Waals surface area (Å²) in [6.07, 6.45) is 0. The SMILES string of the molecule is COC(=O)c1ccc(C)c(NC(=O)CN(C)CC(=O)Nc2ccccc2Cl)c1. The topological polar surface area (TPSA) is 87.7 Å². The van der Waals surface area contributed by atoms with Crippen LogP contribution in [0.2, 0.25) is 5.02 Å². The number of para-hydroxylation sites is 1. The van der Waals surface area contributed by atoms with Gasteiger partial charge in [-0.1, -0.05) is 29.8 Å². The zero-order chi connectivity index (χ0) is 20.7. The standard InChI is InChI=1S/C20H22ClN3O4/c1-13-8-9-14(20(27)28-3)10-17(13)23-19(26)12-24(2)11-18(25)22-16-7-5-4-6-15(16)21/h4-10H,11-12H2,1-3H3,(H,22,25)(H,23,26). The number of amides is 2. The minimum Gasteiger partial charge on any atom is -0.465 e. The van der Waals surface area contributed by atoms with E-state index in [1.165, 1.54) is 7.11 Å². The first-order valence-electron chi connectivity index (χ1n) is 8.52. The third-order valence-electron chi connectivity index (χ3n) is 3.91. The lowest BCUT2D eigenvalue weighted by Crippen LogP contribution is -2.36. The molecule has 0 aliphatic heterocycles. The second kappa shape index (κ2) is 9.87. The first kappa shape index (κ1) is 21.4. The van der Waals surface area contributed by atoms with Crippen molar-refractivity contribution < 1.29 is 19.1 Å². The van der Waals surface area contributed by atoms with Gasteiger partial charge < -0.3 is 15.4 Å². The molecule has 8 heteroatoms. The molecule has 0 spiro atoms. The summed E-state index contributed by atoms with van der Waals surface area (Å²) in [6, 6.07) is 11.8. The maximum absolute atomic E-state index is 12.3. The Bertz CT molecular complexity index is 886. The molecule has 0 aromatic heterocycles. The average molecular weight is 404 g/mol. The van der Waals surface area contributed by atoms with Crippen LogP contribution >= 0.6 is 11.6 Å². The van der Waals surface area contributed by atoms with Gasteiger partial charge in [-0.05, 0) is 43.8 Å². The van der Waals surface area contributed by atoms with Crippen molar-refractivity contribution >= 4 is 40.8 Å². The van der Waals surface area contributed by atoms with Crippen molar-refractivity contribution in [3.8, 4) is 0 Å². The number of methoxy groups -OCH3 is 1. The monoisotopic (exact) mass is 403 g/mol. The van der Waals surface area contributed by atoms with E-state index < -0.39 is 5.97 Å². The number of esters is 1. The smallest absolute Gasteiger partial charge is 0.337 e. The lowest BCUT2D eigenvalue weighted by molar-refractivity contribution is -0.119. The van der Waals surface area contributed by atoms with Crippen LogP contribution in [-0.4, -0.2) is 49.9 Å². The Morgan fingerprint density at radius 3 is 2.21 bits per heavy atom. The van der Waals surface area contributed by atoms with Crippen molar-refractivity contribution in [1.29, 1.82) is 0 Å². The Balaban J connectivity index is 1.91. The number of nitrogens with one attached hydrogen (secondary N) is 2. The second-order valence-electron chi connectivity index (χ2n) is 6.27. The molecule has 0 unspecified atom stereocenters. The van der Waals surface area contributed by atoms with Gasteiger partial charge in [0.1, 0.15) is 0 Å². The Morgan fingerprint density at radius 2 is 1.61 bits per heavy atom. The van der Waals surface area contributed by atoms with Crippen LogP contribution in [0.1, 0.15) is 15.9 Å².